The van der Waals surface area contributed by atoms with Crippen molar-refractivity contribution >= 4 is 29.2 Å². The summed E-state index contributed by atoms with van der Waals surface area (Å²) in [5.74, 6) is -0.411. The molecule has 28 heavy (non-hydrogen) atoms. The Balaban J connectivity index is 1.59. The Kier molecular flexibility index (Phi) is 5.93. The highest BCUT2D eigenvalue weighted by Gasteiger charge is 2.22. The van der Waals surface area contributed by atoms with Crippen LogP contribution in [0.2, 0.25) is 0 Å². The summed E-state index contributed by atoms with van der Waals surface area (Å²) in [5.41, 5.74) is 2.60. The van der Waals surface area contributed by atoms with Crippen molar-refractivity contribution in [2.24, 2.45) is 0 Å². The van der Waals surface area contributed by atoms with Crippen LogP contribution in [-0.2, 0) is 4.74 Å². The van der Waals surface area contributed by atoms with Crippen LogP contribution in [-0.4, -0.2) is 56.0 Å². The molecule has 2 aromatic carbocycles. The number of benzene rings is 2. The summed E-state index contributed by atoms with van der Waals surface area (Å²) in [6.07, 6.45) is 0. The Hall–Kier alpha value is -3.35. The predicted octanol–water partition coefficient (Wildman–Crippen LogP) is 3.03. The molecule has 2 aromatic rings. The predicted molar refractivity (Wildman–Crippen MR) is 107 cm³/mol. The molecule has 3 rings (SSSR count). The number of piperazine rings is 1. The highest BCUT2D eigenvalue weighted by molar-refractivity contribution is 5.96. The quantitative estimate of drug-likeness (QED) is 0.651. The molecule has 7 heteroatoms. The fourth-order valence-electron chi connectivity index (χ4n) is 3.13. The number of anilines is 2. The zero-order valence-electron chi connectivity index (χ0n) is 16.0. The molecule has 0 atom stereocenters. The van der Waals surface area contributed by atoms with Gasteiger partial charge in [-0.1, -0.05) is 18.2 Å². The van der Waals surface area contributed by atoms with E-state index in [2.05, 4.69) is 10.2 Å². The average molecular weight is 381 g/mol. The number of carbonyl (C=O) groups excluding carboxylic acids is 3. The number of nitrogens with one attached hydrogen (secondary N) is 1. The average Bonchev–Trinajstić information content (AvgIpc) is 2.73. The fourth-order valence-corrected chi connectivity index (χ4v) is 3.13. The van der Waals surface area contributed by atoms with Crippen LogP contribution in [0.1, 0.15) is 27.6 Å². The summed E-state index contributed by atoms with van der Waals surface area (Å²) in [6, 6.07) is 14.0. The number of esters is 1. The first-order valence-corrected chi connectivity index (χ1v) is 9.08. The first-order valence-electron chi connectivity index (χ1n) is 9.08. The molecule has 1 heterocycles. The summed E-state index contributed by atoms with van der Waals surface area (Å²) < 4.78 is 4.77. The van der Waals surface area contributed by atoms with Gasteiger partial charge in [-0.3, -0.25) is 4.79 Å². The van der Waals surface area contributed by atoms with E-state index in [1.807, 2.05) is 12.1 Å². The van der Waals surface area contributed by atoms with Gasteiger partial charge in [0.15, 0.2) is 5.78 Å². The number of rotatable bonds is 4. The molecule has 0 bridgehead atoms. The third kappa shape index (κ3) is 4.49. The minimum atomic E-state index is -0.368. The zero-order chi connectivity index (χ0) is 20.1. The van der Waals surface area contributed by atoms with Gasteiger partial charge in [0, 0.05) is 43.1 Å². The lowest BCUT2D eigenvalue weighted by Crippen LogP contribution is -2.50. The van der Waals surface area contributed by atoms with Gasteiger partial charge in [0.25, 0.3) is 0 Å². The smallest absolute Gasteiger partial charge is 0.337 e. The third-order valence-corrected chi connectivity index (χ3v) is 4.72. The molecule has 0 spiro atoms. The topological polar surface area (TPSA) is 79.0 Å². The molecule has 1 fully saturated rings. The fraction of sp³-hybridized carbons (Fsp3) is 0.286. The molecule has 7 nitrogen and oxygen atoms in total. The molecule has 0 radical (unpaired) electrons. The zero-order valence-corrected chi connectivity index (χ0v) is 16.0. The molecule has 0 aromatic heterocycles. The van der Waals surface area contributed by atoms with Crippen LogP contribution in [0.5, 0.6) is 0 Å². The number of ether oxygens (including phenoxy) is 1. The van der Waals surface area contributed by atoms with E-state index in [0.29, 0.717) is 43.0 Å². The monoisotopic (exact) mass is 381 g/mol. The number of hydrogen-bond acceptors (Lipinski definition) is 5. The van der Waals surface area contributed by atoms with Gasteiger partial charge in [0.2, 0.25) is 0 Å². The van der Waals surface area contributed by atoms with Crippen LogP contribution >= 0.6 is 0 Å². The molecule has 0 aliphatic carbocycles. The van der Waals surface area contributed by atoms with Gasteiger partial charge >= 0.3 is 12.0 Å². The highest BCUT2D eigenvalue weighted by Crippen LogP contribution is 2.19. The van der Waals surface area contributed by atoms with Gasteiger partial charge in [-0.25, -0.2) is 9.59 Å². The Morgan fingerprint density at radius 3 is 2.29 bits per heavy atom. The van der Waals surface area contributed by atoms with E-state index in [9.17, 15) is 14.4 Å². The van der Waals surface area contributed by atoms with Crippen molar-refractivity contribution in [1.82, 2.24) is 4.90 Å². The van der Waals surface area contributed by atoms with Crippen molar-refractivity contribution in [1.29, 1.82) is 0 Å². The maximum Gasteiger partial charge on any atom is 0.337 e. The minimum Gasteiger partial charge on any atom is -0.465 e. The Bertz CT molecular complexity index is 889. The minimum absolute atomic E-state index is 0.0427. The lowest BCUT2D eigenvalue weighted by atomic mass is 10.1. The van der Waals surface area contributed by atoms with Crippen molar-refractivity contribution in [3.05, 3.63) is 59.7 Å². The van der Waals surface area contributed by atoms with Crippen LogP contribution in [0.15, 0.2) is 48.5 Å². The first kappa shape index (κ1) is 19.4. The molecule has 2 amide bonds. The van der Waals surface area contributed by atoms with Gasteiger partial charge in [0.05, 0.1) is 12.7 Å². The van der Waals surface area contributed by atoms with Crippen molar-refractivity contribution in [2.75, 3.05) is 43.5 Å². The van der Waals surface area contributed by atoms with E-state index >= 15 is 0 Å². The number of Topliss-reactive ketones (excluding diaryl/α,β-unsaturated/α-hetero) is 1. The van der Waals surface area contributed by atoms with Crippen molar-refractivity contribution in [2.45, 2.75) is 6.92 Å². The second-order valence-electron chi connectivity index (χ2n) is 6.58. The number of nitrogens with zero attached hydrogens (tertiary/aromatic N) is 2. The molecule has 0 unspecified atom stereocenters. The Morgan fingerprint density at radius 1 is 0.929 bits per heavy atom. The van der Waals surface area contributed by atoms with Crippen LogP contribution in [0.4, 0.5) is 16.2 Å². The van der Waals surface area contributed by atoms with Crippen molar-refractivity contribution in [3.8, 4) is 0 Å². The summed E-state index contributed by atoms with van der Waals surface area (Å²) in [6.45, 7) is 3.92. The third-order valence-electron chi connectivity index (χ3n) is 4.72. The molecule has 1 aliphatic rings. The number of carbonyl (C=O) groups is 3. The summed E-state index contributed by atoms with van der Waals surface area (Å²) in [5, 5.41) is 2.85. The molecule has 1 N–H and O–H groups in total. The number of amides is 2. The van der Waals surface area contributed by atoms with Gasteiger partial charge in [-0.15, -0.1) is 0 Å². The van der Waals surface area contributed by atoms with E-state index in [0.717, 1.165) is 5.69 Å². The van der Waals surface area contributed by atoms with E-state index < -0.39 is 0 Å². The largest absolute Gasteiger partial charge is 0.465 e. The van der Waals surface area contributed by atoms with Crippen LogP contribution < -0.4 is 10.2 Å². The summed E-state index contributed by atoms with van der Waals surface area (Å²) in [7, 11) is 1.36. The van der Waals surface area contributed by atoms with Gasteiger partial charge in [0.1, 0.15) is 0 Å². The van der Waals surface area contributed by atoms with Crippen LogP contribution in [0.25, 0.3) is 0 Å². The first-order chi connectivity index (χ1) is 13.5. The SMILES string of the molecule is COC(=O)c1cccc(N2CCN(C(=O)Nc3cccc(C(C)=O)c3)CC2)c1. The van der Waals surface area contributed by atoms with Crippen molar-refractivity contribution in [3.63, 3.8) is 0 Å². The molecular formula is C21H23N3O4. The number of methoxy groups -OCH3 is 1. The van der Waals surface area contributed by atoms with Crippen LogP contribution in [0.3, 0.4) is 0 Å². The normalized spacial score (nSPS) is 13.8. The lowest BCUT2D eigenvalue weighted by molar-refractivity contribution is 0.0600. The van der Waals surface area contributed by atoms with Crippen molar-refractivity contribution < 1.29 is 19.1 Å². The number of ketones is 1. The van der Waals surface area contributed by atoms with Gasteiger partial charge in [-0.2, -0.15) is 0 Å². The highest BCUT2D eigenvalue weighted by atomic mass is 16.5. The maximum absolute atomic E-state index is 12.5. The van der Waals surface area contributed by atoms with E-state index in [1.54, 1.807) is 41.3 Å². The molecular weight excluding hydrogens is 358 g/mol. The van der Waals surface area contributed by atoms with E-state index in [4.69, 9.17) is 4.74 Å². The summed E-state index contributed by atoms with van der Waals surface area (Å²) in [4.78, 5) is 39.6. The van der Waals surface area contributed by atoms with Gasteiger partial charge < -0.3 is 19.9 Å². The second-order valence-corrected chi connectivity index (χ2v) is 6.58. The van der Waals surface area contributed by atoms with E-state index in [1.165, 1.54) is 14.0 Å². The van der Waals surface area contributed by atoms with Gasteiger partial charge in [-0.05, 0) is 37.3 Å². The number of urea groups is 1. The standard InChI is InChI=1S/C21H23N3O4/c1-15(25)16-5-3-7-18(13-16)22-21(27)24-11-9-23(10-12-24)19-8-4-6-17(14-19)20(26)28-2/h3-8,13-14H,9-12H2,1-2H3,(H,22,27). The molecule has 0 saturated carbocycles. The Morgan fingerprint density at radius 2 is 1.61 bits per heavy atom. The van der Waals surface area contributed by atoms with Crippen LogP contribution in [0, 0.1) is 0 Å². The number of hydrogen-bond donors (Lipinski definition) is 1. The molecule has 146 valence electrons. The van der Waals surface area contributed by atoms with E-state index in [-0.39, 0.29) is 17.8 Å². The second kappa shape index (κ2) is 8.56. The molecule has 1 saturated heterocycles. The molecule has 1 aliphatic heterocycles. The maximum atomic E-state index is 12.5. The Labute approximate surface area is 163 Å². The lowest BCUT2D eigenvalue weighted by Gasteiger charge is -2.36. The summed E-state index contributed by atoms with van der Waals surface area (Å²) >= 11 is 0.